The van der Waals surface area contributed by atoms with Crippen LogP contribution in [-0.4, -0.2) is 32.7 Å². The molecule has 1 heterocycles. The third-order valence-electron chi connectivity index (χ3n) is 3.68. The van der Waals surface area contributed by atoms with Crippen molar-refractivity contribution >= 4 is 18.0 Å². The molecule has 7 heteroatoms. The summed E-state index contributed by atoms with van der Waals surface area (Å²) >= 11 is 0. The van der Waals surface area contributed by atoms with E-state index < -0.39 is 17.7 Å². The number of carboxylic acids is 1. The minimum atomic E-state index is -0.823. The third kappa shape index (κ3) is 3.93. The van der Waals surface area contributed by atoms with Gasteiger partial charge in [-0.05, 0) is 39.2 Å². The first-order valence-corrected chi connectivity index (χ1v) is 7.25. The van der Waals surface area contributed by atoms with E-state index in [4.69, 9.17) is 9.84 Å². The van der Waals surface area contributed by atoms with Gasteiger partial charge in [0, 0.05) is 17.8 Å². The van der Waals surface area contributed by atoms with Crippen molar-refractivity contribution in [1.29, 1.82) is 0 Å². The maximum absolute atomic E-state index is 11.6. The van der Waals surface area contributed by atoms with Crippen molar-refractivity contribution in [2.75, 3.05) is 5.32 Å². The average molecular weight is 307 g/mol. The minimum absolute atomic E-state index is 0.0786. The van der Waals surface area contributed by atoms with Crippen LogP contribution in [0.3, 0.4) is 0 Å². The van der Waals surface area contributed by atoms with E-state index in [1.165, 1.54) is 0 Å². The first-order valence-electron chi connectivity index (χ1n) is 7.25. The van der Waals surface area contributed by atoms with Crippen LogP contribution in [0, 0.1) is 0 Å². The Morgan fingerprint density at radius 1 is 1.32 bits per heavy atom. The molecule has 120 valence electrons. The van der Waals surface area contributed by atoms with Gasteiger partial charge in [0.2, 0.25) is 5.95 Å². The highest BCUT2D eigenvalue weighted by molar-refractivity contribution is 5.82. The lowest BCUT2D eigenvalue weighted by Crippen LogP contribution is -2.37. The van der Waals surface area contributed by atoms with Gasteiger partial charge in [0.05, 0.1) is 6.42 Å². The van der Waals surface area contributed by atoms with Gasteiger partial charge in [-0.1, -0.05) is 6.42 Å². The van der Waals surface area contributed by atoms with E-state index in [1.54, 1.807) is 33.2 Å². The van der Waals surface area contributed by atoms with Crippen LogP contribution in [0.25, 0.3) is 0 Å². The highest BCUT2D eigenvalue weighted by Gasteiger charge is 2.41. The van der Waals surface area contributed by atoms with Crippen LogP contribution in [-0.2, 0) is 14.9 Å². The molecule has 1 amide bonds. The van der Waals surface area contributed by atoms with Crippen molar-refractivity contribution in [2.24, 2.45) is 0 Å². The normalized spacial score (nSPS) is 16.5. The van der Waals surface area contributed by atoms with E-state index in [9.17, 15) is 9.59 Å². The van der Waals surface area contributed by atoms with E-state index in [0.717, 1.165) is 24.8 Å². The molecule has 1 fully saturated rings. The number of carboxylic acid groups (broad SMARTS) is 1. The van der Waals surface area contributed by atoms with Gasteiger partial charge in [-0.2, -0.15) is 0 Å². The molecule has 1 aliphatic carbocycles. The number of amides is 1. The van der Waals surface area contributed by atoms with Crippen molar-refractivity contribution < 1.29 is 19.4 Å². The number of ether oxygens (including phenoxy) is 1. The Kier molecular flexibility index (Phi) is 4.35. The fraction of sp³-hybridized carbons (Fsp3) is 0.600. The number of nitrogens with zero attached hydrogens (tertiary/aromatic N) is 2. The zero-order chi connectivity index (χ0) is 16.4. The molecule has 2 rings (SSSR count). The van der Waals surface area contributed by atoms with Gasteiger partial charge in [-0.25, -0.2) is 14.8 Å². The number of rotatable bonds is 4. The molecule has 0 aliphatic heterocycles. The van der Waals surface area contributed by atoms with Crippen molar-refractivity contribution in [1.82, 2.24) is 9.97 Å². The highest BCUT2D eigenvalue weighted by atomic mass is 16.6. The molecule has 0 radical (unpaired) electrons. The van der Waals surface area contributed by atoms with E-state index in [-0.39, 0.29) is 17.8 Å². The molecule has 0 spiro atoms. The molecule has 7 nitrogen and oxygen atoms in total. The van der Waals surface area contributed by atoms with Crippen molar-refractivity contribution in [3.63, 3.8) is 0 Å². The number of hydrogen-bond donors (Lipinski definition) is 2. The summed E-state index contributed by atoms with van der Waals surface area (Å²) in [6.45, 7) is 5.30. The Bertz CT molecular complexity index is 559. The van der Waals surface area contributed by atoms with Crippen LogP contribution < -0.4 is 5.32 Å². The summed E-state index contributed by atoms with van der Waals surface area (Å²) in [6, 6.07) is 0. The number of nitrogens with one attached hydrogen (secondary N) is 1. The molecule has 1 aliphatic rings. The average Bonchev–Trinajstić information content (AvgIpc) is 2.32. The number of hydrogen-bond acceptors (Lipinski definition) is 5. The Labute approximate surface area is 129 Å². The van der Waals surface area contributed by atoms with Crippen molar-refractivity contribution in [3.8, 4) is 0 Å². The number of aliphatic carboxylic acids is 1. The van der Waals surface area contributed by atoms with E-state index in [2.05, 4.69) is 15.3 Å². The fourth-order valence-electron chi connectivity index (χ4n) is 2.52. The molecule has 2 N–H and O–H groups in total. The third-order valence-corrected chi connectivity index (χ3v) is 3.68. The van der Waals surface area contributed by atoms with Crippen LogP contribution in [0.15, 0.2) is 12.4 Å². The molecule has 0 bridgehead atoms. The Morgan fingerprint density at radius 2 is 1.91 bits per heavy atom. The second-order valence-corrected chi connectivity index (χ2v) is 6.63. The van der Waals surface area contributed by atoms with Crippen molar-refractivity contribution in [3.05, 3.63) is 18.0 Å². The molecule has 0 saturated heterocycles. The topological polar surface area (TPSA) is 101 Å². The summed E-state index contributed by atoms with van der Waals surface area (Å²) in [5.74, 6) is -0.682. The summed E-state index contributed by atoms with van der Waals surface area (Å²) in [4.78, 5) is 30.8. The summed E-state index contributed by atoms with van der Waals surface area (Å²) in [5, 5.41) is 11.5. The Morgan fingerprint density at radius 3 is 2.32 bits per heavy atom. The van der Waals surface area contributed by atoms with Crippen molar-refractivity contribution in [2.45, 2.75) is 57.5 Å². The molecule has 0 unspecified atom stereocenters. The van der Waals surface area contributed by atoms with E-state index in [1.807, 2.05) is 0 Å². The minimum Gasteiger partial charge on any atom is -0.481 e. The number of anilines is 1. The van der Waals surface area contributed by atoms with Gasteiger partial charge in [-0.3, -0.25) is 10.1 Å². The Hall–Kier alpha value is -2.18. The summed E-state index contributed by atoms with van der Waals surface area (Å²) in [7, 11) is 0. The maximum Gasteiger partial charge on any atom is 0.414 e. The molecule has 1 aromatic rings. The molecule has 1 aromatic heterocycles. The van der Waals surface area contributed by atoms with Crippen LogP contribution in [0.2, 0.25) is 0 Å². The zero-order valence-electron chi connectivity index (χ0n) is 13.0. The molecular formula is C15H21N3O4. The molecule has 0 atom stereocenters. The van der Waals surface area contributed by atoms with Crippen LogP contribution in [0.1, 0.15) is 52.0 Å². The lowest BCUT2D eigenvalue weighted by molar-refractivity contribution is -0.139. The summed E-state index contributed by atoms with van der Waals surface area (Å²) < 4.78 is 5.12. The first-order chi connectivity index (χ1) is 10.2. The van der Waals surface area contributed by atoms with Crippen LogP contribution >= 0.6 is 0 Å². The fourth-order valence-corrected chi connectivity index (χ4v) is 2.52. The molecular weight excluding hydrogens is 286 g/mol. The molecule has 22 heavy (non-hydrogen) atoms. The van der Waals surface area contributed by atoms with E-state index >= 15 is 0 Å². The number of aromatic nitrogens is 2. The SMILES string of the molecule is CC(C)(C)OC(=O)Nc1ncc(C2(CC(=O)O)CCC2)cn1. The smallest absolute Gasteiger partial charge is 0.414 e. The number of carbonyl (C=O) groups is 2. The van der Waals surface area contributed by atoms with Crippen LogP contribution in [0.5, 0.6) is 0 Å². The quantitative estimate of drug-likeness (QED) is 0.886. The summed E-state index contributed by atoms with van der Waals surface area (Å²) in [6.07, 6.45) is 5.27. The van der Waals surface area contributed by atoms with Gasteiger partial charge in [-0.15, -0.1) is 0 Å². The van der Waals surface area contributed by atoms with E-state index in [0.29, 0.717) is 0 Å². The largest absolute Gasteiger partial charge is 0.481 e. The predicted octanol–water partition coefficient (Wildman–Crippen LogP) is 2.72. The standard InChI is InChI=1S/C15H21N3O4/c1-14(2,3)22-13(21)18-12-16-8-10(9-17-12)15(5-4-6-15)7-11(19)20/h8-9H,4-7H2,1-3H3,(H,19,20)(H,16,17,18,21). The van der Waals surface area contributed by atoms with Gasteiger partial charge in [0.25, 0.3) is 0 Å². The summed E-state index contributed by atoms with van der Waals surface area (Å²) in [5.41, 5.74) is -0.159. The molecule has 1 saturated carbocycles. The second kappa shape index (κ2) is 5.90. The first kappa shape index (κ1) is 16.2. The number of carbonyl (C=O) groups excluding carboxylic acids is 1. The van der Waals surface area contributed by atoms with Gasteiger partial charge >= 0.3 is 12.1 Å². The van der Waals surface area contributed by atoms with Gasteiger partial charge in [0.15, 0.2) is 0 Å². The Balaban J connectivity index is 2.04. The monoisotopic (exact) mass is 307 g/mol. The predicted molar refractivity (Wildman–Crippen MR) is 79.7 cm³/mol. The van der Waals surface area contributed by atoms with Gasteiger partial charge in [0.1, 0.15) is 5.60 Å². The molecule has 0 aromatic carbocycles. The zero-order valence-corrected chi connectivity index (χ0v) is 13.0. The maximum atomic E-state index is 11.6. The second-order valence-electron chi connectivity index (χ2n) is 6.63. The lowest BCUT2D eigenvalue weighted by Gasteiger charge is -2.40. The van der Waals surface area contributed by atoms with Crippen LogP contribution in [0.4, 0.5) is 10.7 Å². The van der Waals surface area contributed by atoms with Gasteiger partial charge < -0.3 is 9.84 Å². The highest BCUT2D eigenvalue weighted by Crippen LogP contribution is 2.46. The lowest BCUT2D eigenvalue weighted by atomic mass is 9.63.